The molecule has 0 saturated carbocycles. The van der Waals surface area contributed by atoms with Crippen molar-refractivity contribution in [3.05, 3.63) is 71.2 Å². The minimum atomic E-state index is 0.00696. The van der Waals surface area contributed by atoms with Crippen molar-refractivity contribution in [1.29, 1.82) is 0 Å². The monoisotopic (exact) mass is 415 g/mol. The number of rotatable bonds is 3. The highest BCUT2D eigenvalue weighted by Gasteiger charge is 2.30. The van der Waals surface area contributed by atoms with Gasteiger partial charge < -0.3 is 9.80 Å². The number of amides is 1. The van der Waals surface area contributed by atoms with Crippen LogP contribution in [0.5, 0.6) is 0 Å². The van der Waals surface area contributed by atoms with Crippen molar-refractivity contribution >= 4 is 33.8 Å². The first-order valence-electron chi connectivity index (χ1n) is 9.98. The molecule has 6 nitrogen and oxygen atoms in total. The third kappa shape index (κ3) is 3.31. The van der Waals surface area contributed by atoms with Crippen molar-refractivity contribution in [2.45, 2.75) is 13.0 Å². The van der Waals surface area contributed by atoms with Crippen LogP contribution in [0.15, 0.2) is 66.2 Å². The van der Waals surface area contributed by atoms with Crippen LogP contribution in [-0.2, 0) is 0 Å². The Hall–Kier alpha value is -3.32. The molecule has 1 fully saturated rings. The van der Waals surface area contributed by atoms with Crippen LogP contribution in [0.2, 0.25) is 0 Å². The van der Waals surface area contributed by atoms with E-state index in [0.29, 0.717) is 24.6 Å². The van der Waals surface area contributed by atoms with Crippen LogP contribution in [0.1, 0.15) is 16.7 Å². The maximum atomic E-state index is 12.8. The van der Waals surface area contributed by atoms with Crippen molar-refractivity contribution in [2.24, 2.45) is 0 Å². The molecule has 0 aliphatic carbocycles. The molecule has 0 spiro atoms. The fourth-order valence-electron chi connectivity index (χ4n) is 4.04. The zero-order valence-electron chi connectivity index (χ0n) is 16.6. The van der Waals surface area contributed by atoms with Gasteiger partial charge in [-0.3, -0.25) is 4.79 Å². The van der Waals surface area contributed by atoms with Gasteiger partial charge in [-0.1, -0.05) is 54.6 Å². The molecule has 3 heterocycles. The summed E-state index contributed by atoms with van der Waals surface area (Å²) in [7, 11) is 0. The third-order valence-electron chi connectivity index (χ3n) is 5.52. The highest BCUT2D eigenvalue weighted by Crippen LogP contribution is 2.32. The van der Waals surface area contributed by atoms with Crippen LogP contribution in [0.3, 0.4) is 0 Å². The summed E-state index contributed by atoms with van der Waals surface area (Å²) in [6.45, 7) is 4.13. The number of hydrogen-bond acceptors (Lipinski definition) is 6. The van der Waals surface area contributed by atoms with Crippen molar-refractivity contribution in [1.82, 2.24) is 20.1 Å². The quantitative estimate of drug-likeness (QED) is 0.504. The van der Waals surface area contributed by atoms with Crippen molar-refractivity contribution in [3.8, 4) is 11.3 Å². The van der Waals surface area contributed by atoms with Crippen molar-refractivity contribution < 1.29 is 4.79 Å². The molecule has 5 rings (SSSR count). The second-order valence-corrected chi connectivity index (χ2v) is 8.31. The number of aromatic nitrogens is 3. The number of anilines is 1. The van der Waals surface area contributed by atoms with E-state index in [0.717, 1.165) is 27.8 Å². The van der Waals surface area contributed by atoms with E-state index in [-0.39, 0.29) is 11.9 Å². The Balaban J connectivity index is 1.46. The predicted molar refractivity (Wildman–Crippen MR) is 120 cm³/mol. The molecule has 0 N–H and O–H groups in total. The van der Waals surface area contributed by atoms with Crippen LogP contribution >= 0.6 is 11.3 Å². The van der Waals surface area contributed by atoms with E-state index in [2.05, 4.69) is 51.3 Å². The number of fused-ring (bicyclic) bond motifs is 1. The van der Waals surface area contributed by atoms with Crippen LogP contribution in [0, 0.1) is 0 Å². The van der Waals surface area contributed by atoms with Gasteiger partial charge in [0.05, 0.1) is 0 Å². The Labute approximate surface area is 178 Å². The molecule has 2 aromatic heterocycles. The van der Waals surface area contributed by atoms with E-state index in [1.54, 1.807) is 6.20 Å². The van der Waals surface area contributed by atoms with E-state index >= 15 is 0 Å². The first-order chi connectivity index (χ1) is 14.7. The van der Waals surface area contributed by atoms with E-state index in [9.17, 15) is 4.79 Å². The lowest BCUT2D eigenvalue weighted by molar-refractivity contribution is 0.0673. The number of benzene rings is 2. The highest BCUT2D eigenvalue weighted by molar-refractivity contribution is 7.11. The Morgan fingerprint density at radius 2 is 1.77 bits per heavy atom. The topological polar surface area (TPSA) is 62.2 Å². The summed E-state index contributed by atoms with van der Waals surface area (Å²) in [4.78, 5) is 21.1. The van der Waals surface area contributed by atoms with Crippen molar-refractivity contribution in [2.75, 3.05) is 24.5 Å². The lowest BCUT2D eigenvalue weighted by Crippen LogP contribution is -2.54. The second-order valence-electron chi connectivity index (χ2n) is 7.41. The summed E-state index contributed by atoms with van der Waals surface area (Å²) in [6, 6.07) is 18.5. The Morgan fingerprint density at radius 1 is 1.00 bits per heavy atom. The molecule has 0 bridgehead atoms. The van der Waals surface area contributed by atoms with Gasteiger partial charge in [0.25, 0.3) is 5.91 Å². The van der Waals surface area contributed by atoms with Gasteiger partial charge >= 0.3 is 0 Å². The van der Waals surface area contributed by atoms with E-state index in [1.165, 1.54) is 11.3 Å². The molecule has 1 atom stereocenters. The summed E-state index contributed by atoms with van der Waals surface area (Å²) in [6.07, 6.45) is 1.68. The van der Waals surface area contributed by atoms with Gasteiger partial charge in [0.2, 0.25) is 0 Å². The van der Waals surface area contributed by atoms with Crippen molar-refractivity contribution in [3.63, 3.8) is 0 Å². The van der Waals surface area contributed by atoms with E-state index in [1.807, 2.05) is 40.6 Å². The smallest absolute Gasteiger partial charge is 0.283 e. The average molecular weight is 416 g/mol. The standard InChI is InChI=1S/C23H21N5OS/c1-16-15-27(12-13-28(16)23(29)22-24-11-14-30-22)21-19-10-6-5-9-18(19)20(25-26-21)17-7-3-2-4-8-17/h2-11,14,16H,12-13,15H2,1H3. The third-order valence-corrected chi connectivity index (χ3v) is 6.28. The maximum Gasteiger partial charge on any atom is 0.283 e. The minimum Gasteiger partial charge on any atom is -0.351 e. The fraction of sp³-hybridized carbons (Fsp3) is 0.217. The molecule has 1 saturated heterocycles. The lowest BCUT2D eigenvalue weighted by Gasteiger charge is -2.40. The number of piperazine rings is 1. The van der Waals surface area contributed by atoms with Gasteiger partial charge in [-0.15, -0.1) is 21.5 Å². The summed E-state index contributed by atoms with van der Waals surface area (Å²) in [5.74, 6) is 0.881. The molecule has 0 radical (unpaired) electrons. The molecule has 7 heteroatoms. The van der Waals surface area contributed by atoms with E-state index in [4.69, 9.17) is 0 Å². The van der Waals surface area contributed by atoms with Gasteiger partial charge in [-0.2, -0.15) is 0 Å². The zero-order chi connectivity index (χ0) is 20.5. The molecule has 1 aliphatic heterocycles. The van der Waals surface area contributed by atoms with Gasteiger partial charge in [0.15, 0.2) is 10.8 Å². The first-order valence-corrected chi connectivity index (χ1v) is 10.9. The Morgan fingerprint density at radius 3 is 2.50 bits per heavy atom. The van der Waals surface area contributed by atoms with Crippen LogP contribution < -0.4 is 4.90 Å². The Kier molecular flexibility index (Phi) is 4.88. The molecule has 2 aromatic carbocycles. The SMILES string of the molecule is CC1CN(c2nnc(-c3ccccc3)c3ccccc23)CCN1C(=O)c1nccs1. The summed E-state index contributed by atoms with van der Waals surface area (Å²) < 4.78 is 0. The molecule has 150 valence electrons. The predicted octanol–water partition coefficient (Wildman–Crippen LogP) is 4.10. The molecular weight excluding hydrogens is 394 g/mol. The highest BCUT2D eigenvalue weighted by atomic mass is 32.1. The normalized spacial score (nSPS) is 16.8. The first kappa shape index (κ1) is 18.7. The van der Waals surface area contributed by atoms with Gasteiger partial charge in [-0.25, -0.2) is 4.98 Å². The largest absolute Gasteiger partial charge is 0.351 e. The van der Waals surface area contributed by atoms with Gasteiger partial charge in [0, 0.05) is 53.6 Å². The van der Waals surface area contributed by atoms with Crippen LogP contribution in [0.4, 0.5) is 5.82 Å². The maximum absolute atomic E-state index is 12.8. The fourth-order valence-corrected chi connectivity index (χ4v) is 4.63. The molecule has 30 heavy (non-hydrogen) atoms. The van der Waals surface area contributed by atoms with Gasteiger partial charge in [0.1, 0.15) is 5.69 Å². The molecule has 1 amide bonds. The minimum absolute atomic E-state index is 0.00696. The molecule has 4 aromatic rings. The number of hydrogen-bond donors (Lipinski definition) is 0. The van der Waals surface area contributed by atoms with E-state index < -0.39 is 0 Å². The number of thiazole rings is 1. The zero-order valence-corrected chi connectivity index (χ0v) is 17.4. The average Bonchev–Trinajstić information content (AvgIpc) is 3.33. The number of carbonyl (C=O) groups excluding carboxylic acids is 1. The molecule has 1 unspecified atom stereocenters. The van der Waals surface area contributed by atoms with Gasteiger partial charge in [-0.05, 0) is 6.92 Å². The lowest BCUT2D eigenvalue weighted by atomic mass is 10.0. The number of nitrogens with zero attached hydrogens (tertiary/aromatic N) is 5. The van der Waals surface area contributed by atoms with Crippen LogP contribution in [-0.4, -0.2) is 51.7 Å². The Bertz CT molecular complexity index is 1180. The summed E-state index contributed by atoms with van der Waals surface area (Å²) in [5, 5.41) is 13.8. The van der Waals surface area contributed by atoms with Crippen LogP contribution in [0.25, 0.3) is 22.0 Å². The molecular formula is C23H21N5OS. The molecule has 1 aliphatic rings. The summed E-state index contributed by atoms with van der Waals surface area (Å²) in [5.41, 5.74) is 1.94. The number of carbonyl (C=O) groups is 1. The summed E-state index contributed by atoms with van der Waals surface area (Å²) >= 11 is 1.39. The second kappa shape index (κ2) is 7.84.